The summed E-state index contributed by atoms with van der Waals surface area (Å²) in [6, 6.07) is 31.6. The molecule has 1 N–H and O–H groups in total. The van der Waals surface area contributed by atoms with Gasteiger partial charge in [-0.05, 0) is 119 Å². The number of hydrogen-bond acceptors (Lipinski definition) is 2. The minimum absolute atomic E-state index is 0.135. The van der Waals surface area contributed by atoms with E-state index in [2.05, 4.69) is 152 Å². The fourth-order valence-corrected chi connectivity index (χ4v) is 8.19. The maximum atomic E-state index is 3.73. The van der Waals surface area contributed by atoms with E-state index in [1.54, 1.807) is 0 Å². The molecule has 0 unspecified atom stereocenters. The molecule has 3 heterocycles. The number of aromatic nitrogens is 1. The third-order valence-corrected chi connectivity index (χ3v) is 10.7. The molecule has 0 atom stereocenters. The van der Waals surface area contributed by atoms with E-state index < -0.39 is 0 Å². The van der Waals surface area contributed by atoms with Crippen molar-refractivity contribution in [3.63, 3.8) is 0 Å². The second-order valence-electron chi connectivity index (χ2n) is 14.5. The molecule has 0 spiro atoms. The van der Waals surface area contributed by atoms with Gasteiger partial charge < -0.3 is 14.8 Å². The summed E-state index contributed by atoms with van der Waals surface area (Å²) in [7, 11) is 0. The highest BCUT2D eigenvalue weighted by atomic mass is 15.2. The molecule has 9 rings (SSSR count). The first-order valence-corrected chi connectivity index (χ1v) is 16.5. The Morgan fingerprint density at radius 3 is 1.47 bits per heavy atom. The molecule has 4 aromatic carbocycles. The Kier molecular flexibility index (Phi) is 5.55. The van der Waals surface area contributed by atoms with Crippen LogP contribution in [-0.4, -0.2) is 4.98 Å². The van der Waals surface area contributed by atoms with E-state index in [4.69, 9.17) is 0 Å². The number of anilines is 4. The van der Waals surface area contributed by atoms with Gasteiger partial charge in [-0.2, -0.15) is 0 Å². The van der Waals surface area contributed by atoms with E-state index in [0.717, 1.165) is 12.8 Å². The Balaban J connectivity index is 1.22. The number of H-pyrrole nitrogens is 1. The molecule has 0 saturated heterocycles. The number of hydrogen-bond donors (Lipinski definition) is 1. The van der Waals surface area contributed by atoms with Gasteiger partial charge in [0.15, 0.2) is 0 Å². The van der Waals surface area contributed by atoms with Gasteiger partial charge in [0, 0.05) is 44.6 Å². The fourth-order valence-electron chi connectivity index (χ4n) is 8.19. The Morgan fingerprint density at radius 2 is 1.00 bits per heavy atom. The molecule has 0 amide bonds. The van der Waals surface area contributed by atoms with Crippen molar-refractivity contribution in [3.05, 3.63) is 131 Å². The number of benzene rings is 4. The average molecular weight is 586 g/mol. The lowest BCUT2D eigenvalue weighted by atomic mass is 9.72. The summed E-state index contributed by atoms with van der Waals surface area (Å²) in [4.78, 5) is 8.73. The summed E-state index contributed by atoms with van der Waals surface area (Å²) in [5.41, 5.74) is 15.6. The molecule has 3 heteroatoms. The van der Waals surface area contributed by atoms with Crippen molar-refractivity contribution in [2.75, 3.05) is 9.80 Å². The van der Waals surface area contributed by atoms with E-state index in [9.17, 15) is 0 Å². The van der Waals surface area contributed by atoms with Crippen LogP contribution in [-0.2, 0) is 0 Å². The van der Waals surface area contributed by atoms with E-state index in [-0.39, 0.29) is 10.8 Å². The van der Waals surface area contributed by atoms with Crippen LogP contribution in [0.4, 0.5) is 22.7 Å². The minimum Gasteiger partial charge on any atom is -0.355 e. The molecule has 1 aromatic heterocycles. The van der Waals surface area contributed by atoms with Crippen molar-refractivity contribution < 1.29 is 0 Å². The van der Waals surface area contributed by atoms with Gasteiger partial charge in [-0.3, -0.25) is 0 Å². The fraction of sp³-hybridized carbons (Fsp3) is 0.238. The Hall–Kier alpha value is -4.76. The molecular weight excluding hydrogens is 546 g/mol. The highest BCUT2D eigenvalue weighted by molar-refractivity contribution is 6.10. The summed E-state index contributed by atoms with van der Waals surface area (Å²) < 4.78 is 0. The van der Waals surface area contributed by atoms with Crippen LogP contribution < -0.4 is 9.80 Å². The molecule has 3 nitrogen and oxygen atoms in total. The van der Waals surface area contributed by atoms with Crippen LogP contribution in [0.2, 0.25) is 0 Å². The predicted octanol–water partition coefficient (Wildman–Crippen LogP) is 11.8. The lowest BCUT2D eigenvalue weighted by Crippen LogP contribution is -2.31. The Bertz CT molecular complexity index is 2030. The van der Waals surface area contributed by atoms with Gasteiger partial charge >= 0.3 is 0 Å². The van der Waals surface area contributed by atoms with Crippen molar-refractivity contribution in [3.8, 4) is 0 Å². The molecule has 4 aliphatic rings. The molecule has 5 aromatic rings. The Labute approximate surface area is 265 Å². The van der Waals surface area contributed by atoms with Gasteiger partial charge in [-0.1, -0.05) is 76.2 Å². The van der Waals surface area contributed by atoms with E-state index >= 15 is 0 Å². The van der Waals surface area contributed by atoms with Crippen molar-refractivity contribution in [2.24, 2.45) is 10.8 Å². The number of rotatable bonds is 2. The molecule has 0 bridgehead atoms. The van der Waals surface area contributed by atoms with Gasteiger partial charge in [0.1, 0.15) is 0 Å². The molecule has 45 heavy (non-hydrogen) atoms. The summed E-state index contributed by atoms with van der Waals surface area (Å²) >= 11 is 0. The van der Waals surface area contributed by atoms with Crippen molar-refractivity contribution >= 4 is 56.7 Å². The summed E-state index contributed by atoms with van der Waals surface area (Å²) in [6.45, 7) is 9.57. The SMILES string of the molecule is CC1(C)CCC=C2C1=Cc1ccccc1N2c1ccc2[nH]c3ccc(N4C5=CCCC(C)(C)C5=Cc5ccccc54)cc3c2c1. The first kappa shape index (κ1) is 26.6. The van der Waals surface area contributed by atoms with Crippen LogP contribution in [0.15, 0.2) is 120 Å². The molecule has 0 fully saturated rings. The third-order valence-electron chi connectivity index (χ3n) is 10.7. The van der Waals surface area contributed by atoms with Gasteiger partial charge in [-0.25, -0.2) is 0 Å². The van der Waals surface area contributed by atoms with Crippen LogP contribution in [0.1, 0.15) is 64.5 Å². The lowest BCUT2D eigenvalue weighted by molar-refractivity contribution is 0.405. The third kappa shape index (κ3) is 3.96. The van der Waals surface area contributed by atoms with Gasteiger partial charge in [-0.15, -0.1) is 0 Å². The van der Waals surface area contributed by atoms with Crippen LogP contribution in [0, 0.1) is 10.8 Å². The van der Waals surface area contributed by atoms with Crippen LogP contribution in [0.25, 0.3) is 34.0 Å². The van der Waals surface area contributed by atoms with Gasteiger partial charge in [0.2, 0.25) is 0 Å². The second-order valence-corrected chi connectivity index (χ2v) is 14.5. The summed E-state index contributed by atoms with van der Waals surface area (Å²) in [6.07, 6.45) is 14.3. The van der Waals surface area contributed by atoms with E-state index in [0.29, 0.717) is 0 Å². The first-order valence-electron chi connectivity index (χ1n) is 16.5. The number of nitrogens with one attached hydrogen (secondary N) is 1. The number of aromatic amines is 1. The number of para-hydroxylation sites is 2. The maximum absolute atomic E-state index is 3.73. The second kappa shape index (κ2) is 9.37. The highest BCUT2D eigenvalue weighted by Gasteiger charge is 2.37. The lowest BCUT2D eigenvalue weighted by Gasteiger charge is -2.42. The average Bonchev–Trinajstić information content (AvgIpc) is 3.40. The quantitative estimate of drug-likeness (QED) is 0.223. The van der Waals surface area contributed by atoms with Crippen molar-refractivity contribution in [1.82, 2.24) is 4.98 Å². The molecule has 0 radical (unpaired) electrons. The summed E-state index contributed by atoms with van der Waals surface area (Å²) in [5.74, 6) is 0. The Morgan fingerprint density at radius 1 is 0.556 bits per heavy atom. The highest BCUT2D eigenvalue weighted by Crippen LogP contribution is 2.52. The van der Waals surface area contributed by atoms with Crippen LogP contribution in [0.5, 0.6) is 0 Å². The van der Waals surface area contributed by atoms with Gasteiger partial charge in [0.05, 0.1) is 11.4 Å². The largest absolute Gasteiger partial charge is 0.355 e. The smallest absolute Gasteiger partial charge is 0.0534 e. The van der Waals surface area contributed by atoms with Gasteiger partial charge in [0.25, 0.3) is 0 Å². The maximum Gasteiger partial charge on any atom is 0.0534 e. The predicted molar refractivity (Wildman–Crippen MR) is 191 cm³/mol. The molecule has 2 aliphatic carbocycles. The topological polar surface area (TPSA) is 22.3 Å². The molecule has 2 aliphatic heterocycles. The molecule has 222 valence electrons. The monoisotopic (exact) mass is 585 g/mol. The van der Waals surface area contributed by atoms with Crippen LogP contribution in [0.3, 0.4) is 0 Å². The van der Waals surface area contributed by atoms with Crippen molar-refractivity contribution in [1.29, 1.82) is 0 Å². The van der Waals surface area contributed by atoms with Crippen molar-refractivity contribution in [2.45, 2.75) is 53.4 Å². The minimum atomic E-state index is 0.135. The number of nitrogens with zero attached hydrogens (tertiary/aromatic N) is 2. The number of fused-ring (bicyclic) bond motifs is 7. The zero-order valence-electron chi connectivity index (χ0n) is 26.6. The number of allylic oxidation sites excluding steroid dienone is 4. The zero-order chi connectivity index (χ0) is 30.5. The molecular formula is C42H39N3. The standard InChI is InChI=1S/C42H39N3/c1-41(2)21-9-15-39-33(41)23-27-11-5-7-13-37(27)44(39)29-17-19-35-31(25-29)32-26-30(18-20-36(32)43-35)45-38-14-8-6-12-28(38)24-34-40(45)16-10-22-42(34,3)4/h5-8,11-20,23-26,43H,9-10,21-22H2,1-4H3. The van der Waals surface area contributed by atoms with E-state index in [1.165, 1.54) is 91.1 Å². The van der Waals surface area contributed by atoms with Crippen LogP contribution >= 0.6 is 0 Å². The summed E-state index contributed by atoms with van der Waals surface area (Å²) in [5, 5.41) is 2.51. The first-order chi connectivity index (χ1) is 21.8. The zero-order valence-corrected chi connectivity index (χ0v) is 26.6. The normalized spacial score (nSPS) is 19.6. The van der Waals surface area contributed by atoms with E-state index in [1.807, 2.05) is 0 Å². The molecule has 0 saturated carbocycles.